The largest absolute Gasteiger partial charge is 0.462 e. The summed E-state index contributed by atoms with van der Waals surface area (Å²) in [4.78, 5) is 41.6. The van der Waals surface area contributed by atoms with Crippen LogP contribution in [0.5, 0.6) is 6.01 Å². The second kappa shape index (κ2) is 11.8. The Morgan fingerprint density at radius 2 is 2.07 bits per heavy atom. The van der Waals surface area contributed by atoms with E-state index in [4.69, 9.17) is 14.7 Å². The molecule has 2 amide bonds. The number of carbonyl (C=O) groups is 2. The van der Waals surface area contributed by atoms with Gasteiger partial charge >= 0.3 is 6.01 Å². The number of benzene rings is 1. The van der Waals surface area contributed by atoms with Gasteiger partial charge in [0.25, 0.3) is 5.91 Å². The number of likely N-dealkylation sites (tertiary alicyclic amines) is 1. The molecule has 1 N–H and O–H groups in total. The molecule has 6 rings (SSSR count). The number of carbonyl (C=O) groups excluding carboxylic acids is 2. The number of ether oxygens (including phenoxy) is 1. The van der Waals surface area contributed by atoms with Crippen molar-refractivity contribution >= 4 is 23.3 Å². The summed E-state index contributed by atoms with van der Waals surface area (Å²) in [5, 5.41) is 12.6. The number of rotatable bonds is 6. The zero-order valence-electron chi connectivity index (χ0n) is 25.2. The Bertz CT molecular complexity index is 1560. The number of likely N-dealkylation sites (N-methyl/N-ethyl adjacent to an activating group) is 1. The van der Waals surface area contributed by atoms with Crippen molar-refractivity contribution in [3.8, 4) is 12.1 Å². The van der Waals surface area contributed by atoms with Gasteiger partial charge < -0.3 is 24.8 Å². The molecule has 2 unspecified atom stereocenters. The highest BCUT2D eigenvalue weighted by Gasteiger charge is 2.49. The number of aromatic nitrogens is 2. The Balaban J connectivity index is 1.39. The normalized spacial score (nSPS) is 24.8. The lowest BCUT2D eigenvalue weighted by atomic mass is 9.64. The first-order valence-electron chi connectivity index (χ1n) is 15.2. The Labute approximate surface area is 255 Å². The summed E-state index contributed by atoms with van der Waals surface area (Å²) in [6.45, 7) is 7.02. The van der Waals surface area contributed by atoms with E-state index in [2.05, 4.69) is 29.9 Å². The van der Waals surface area contributed by atoms with Gasteiger partial charge in [-0.2, -0.15) is 15.2 Å². The molecule has 4 aliphatic rings. The Hall–Kier alpha value is -4.11. The number of nitrogens with zero attached hydrogens (tertiary/aromatic N) is 6. The Morgan fingerprint density at radius 1 is 1.25 bits per heavy atom. The van der Waals surface area contributed by atoms with Crippen LogP contribution < -0.4 is 15.0 Å². The van der Waals surface area contributed by atoms with E-state index in [0.717, 1.165) is 43.4 Å². The van der Waals surface area contributed by atoms with Crippen LogP contribution in [0.1, 0.15) is 54.5 Å². The summed E-state index contributed by atoms with van der Waals surface area (Å²) in [5.74, 6) is -2.11. The van der Waals surface area contributed by atoms with Gasteiger partial charge in [-0.3, -0.25) is 9.59 Å². The van der Waals surface area contributed by atoms with E-state index < -0.39 is 23.2 Å². The maximum Gasteiger partial charge on any atom is 0.318 e. The van der Waals surface area contributed by atoms with Crippen LogP contribution in [0.4, 0.5) is 20.3 Å². The third-order valence-electron chi connectivity index (χ3n) is 9.75. The van der Waals surface area contributed by atoms with Gasteiger partial charge in [0.05, 0.1) is 29.6 Å². The molecular formula is C32H37F2N7O3. The molecule has 1 aromatic heterocycles. The molecule has 10 nitrogen and oxygen atoms in total. The van der Waals surface area contributed by atoms with Crippen LogP contribution in [0.2, 0.25) is 0 Å². The lowest BCUT2D eigenvalue weighted by molar-refractivity contribution is -0.131. The van der Waals surface area contributed by atoms with E-state index in [1.807, 2.05) is 11.8 Å². The highest BCUT2D eigenvalue weighted by molar-refractivity contribution is 6.04. The summed E-state index contributed by atoms with van der Waals surface area (Å²) in [6, 6.07) is 4.88. The first-order chi connectivity index (χ1) is 21.1. The number of piperazine rings is 1. The Kier molecular flexibility index (Phi) is 8.01. The minimum atomic E-state index is -1.08. The van der Waals surface area contributed by atoms with Gasteiger partial charge in [0.1, 0.15) is 18.1 Å². The molecule has 4 heterocycles. The predicted molar refractivity (Wildman–Crippen MR) is 159 cm³/mol. The molecule has 3 atom stereocenters. The number of hydrogen-bond acceptors (Lipinski definition) is 8. The number of nitrogens with one attached hydrogen (secondary N) is 1. The summed E-state index contributed by atoms with van der Waals surface area (Å²) in [7, 11) is 2.06. The predicted octanol–water partition coefficient (Wildman–Crippen LogP) is 3.58. The minimum absolute atomic E-state index is 0.0165. The zero-order chi connectivity index (χ0) is 31.2. The van der Waals surface area contributed by atoms with Gasteiger partial charge in [-0.15, -0.1) is 0 Å². The lowest BCUT2D eigenvalue weighted by Crippen LogP contribution is -2.56. The molecule has 1 aromatic carbocycles. The molecule has 2 aromatic rings. The molecule has 3 aliphatic heterocycles. The van der Waals surface area contributed by atoms with Crippen LogP contribution in [-0.2, 0) is 27.8 Å². The number of nitriles is 1. The van der Waals surface area contributed by atoms with Crippen LogP contribution in [0, 0.1) is 24.1 Å². The van der Waals surface area contributed by atoms with Crippen molar-refractivity contribution in [1.29, 1.82) is 5.26 Å². The number of fused-ring (bicyclic) bond motifs is 3. The summed E-state index contributed by atoms with van der Waals surface area (Å²) < 4.78 is 34.7. The number of halogens is 2. The monoisotopic (exact) mass is 605 g/mol. The van der Waals surface area contributed by atoms with Crippen molar-refractivity contribution in [2.24, 2.45) is 0 Å². The summed E-state index contributed by atoms with van der Waals surface area (Å²) >= 11 is 0. The van der Waals surface area contributed by atoms with Gasteiger partial charge in [-0.1, -0.05) is 6.58 Å². The van der Waals surface area contributed by atoms with Crippen LogP contribution >= 0.6 is 0 Å². The highest BCUT2D eigenvalue weighted by Crippen LogP contribution is 2.47. The van der Waals surface area contributed by atoms with Crippen LogP contribution in [0.25, 0.3) is 0 Å². The molecule has 12 heteroatoms. The van der Waals surface area contributed by atoms with E-state index >= 15 is 0 Å². The zero-order valence-corrected chi connectivity index (χ0v) is 25.2. The van der Waals surface area contributed by atoms with E-state index in [1.54, 1.807) is 0 Å². The number of aryl methyl sites for hydroxylation is 1. The fraction of sp³-hybridized carbons (Fsp3) is 0.531. The summed E-state index contributed by atoms with van der Waals surface area (Å²) in [6.07, 6.45) is 4.42. The number of amides is 2. The van der Waals surface area contributed by atoms with Gasteiger partial charge in [0.15, 0.2) is 11.6 Å². The van der Waals surface area contributed by atoms with E-state index in [0.29, 0.717) is 35.8 Å². The van der Waals surface area contributed by atoms with E-state index in [1.165, 1.54) is 17.0 Å². The quantitative estimate of drug-likeness (QED) is 0.497. The maximum atomic E-state index is 14.7. The van der Waals surface area contributed by atoms with Crippen LogP contribution in [0.15, 0.2) is 24.5 Å². The Morgan fingerprint density at radius 3 is 2.80 bits per heavy atom. The fourth-order valence-corrected chi connectivity index (χ4v) is 7.38. The van der Waals surface area contributed by atoms with Crippen LogP contribution in [-0.4, -0.2) is 83.5 Å². The fourth-order valence-electron chi connectivity index (χ4n) is 7.38. The van der Waals surface area contributed by atoms with Crippen molar-refractivity contribution in [2.75, 3.05) is 50.1 Å². The van der Waals surface area contributed by atoms with Gasteiger partial charge in [-0.05, 0) is 81.4 Å². The molecule has 0 bridgehead atoms. The minimum Gasteiger partial charge on any atom is -0.462 e. The molecule has 1 aliphatic carbocycles. The molecular weight excluding hydrogens is 568 g/mol. The highest BCUT2D eigenvalue weighted by atomic mass is 19.1. The van der Waals surface area contributed by atoms with Crippen molar-refractivity contribution in [3.05, 3.63) is 52.7 Å². The average molecular weight is 606 g/mol. The molecule has 232 valence electrons. The third kappa shape index (κ3) is 5.27. The standard InChI is InChI=1S/C32H37F2N7O3/c1-19-14-21(34)15-25-24(19)7-4-9-32(25)16-26-27(37-30(32)43)28(38-31(36-26)44-18-23-6-5-11-39(23)3)40-12-13-41(29(42)20(2)33)22(17-40)8-10-35/h14-15,22-23H,2,4-9,11-13,16-18H2,1,3H3,(H,37,43)/t22?,23-,32?/m0/s1. The molecule has 44 heavy (non-hydrogen) atoms. The number of anilines is 2. The number of hydrogen-bond donors (Lipinski definition) is 1. The first kappa shape index (κ1) is 29.9. The van der Waals surface area contributed by atoms with Gasteiger partial charge in [0.2, 0.25) is 5.91 Å². The average Bonchev–Trinajstić information content (AvgIpc) is 3.41. The maximum absolute atomic E-state index is 14.7. The molecule has 0 saturated carbocycles. The van der Waals surface area contributed by atoms with E-state index in [9.17, 15) is 23.6 Å². The van der Waals surface area contributed by atoms with Gasteiger partial charge in [-0.25, -0.2) is 8.78 Å². The van der Waals surface area contributed by atoms with Crippen molar-refractivity contribution < 1.29 is 23.1 Å². The SMILES string of the molecule is C=C(F)C(=O)N1CCN(c2nc(OC[C@@H]3CCCN3C)nc3c2NC(=O)C2(CCCc4c(C)cc(F)cc42)C3)CC1CC#N. The molecule has 2 saturated heterocycles. The molecule has 1 spiro atoms. The lowest BCUT2D eigenvalue weighted by Gasteiger charge is -2.44. The van der Waals surface area contributed by atoms with Crippen molar-refractivity contribution in [1.82, 2.24) is 19.8 Å². The topological polar surface area (TPSA) is 115 Å². The molecule has 2 fully saturated rings. The van der Waals surface area contributed by atoms with E-state index in [-0.39, 0.29) is 56.3 Å². The van der Waals surface area contributed by atoms with Gasteiger partial charge in [0, 0.05) is 32.1 Å². The van der Waals surface area contributed by atoms with Crippen molar-refractivity contribution in [3.63, 3.8) is 0 Å². The smallest absolute Gasteiger partial charge is 0.318 e. The third-order valence-corrected chi connectivity index (χ3v) is 9.75. The van der Waals surface area contributed by atoms with Crippen molar-refractivity contribution in [2.45, 2.75) is 69.4 Å². The summed E-state index contributed by atoms with van der Waals surface area (Å²) in [5.41, 5.74) is 2.58. The van der Waals surface area contributed by atoms with Crippen LogP contribution in [0.3, 0.4) is 0 Å². The second-order valence-corrected chi connectivity index (χ2v) is 12.4. The second-order valence-electron chi connectivity index (χ2n) is 12.4. The molecule has 0 radical (unpaired) electrons. The first-order valence-corrected chi connectivity index (χ1v) is 15.2.